The Kier molecular flexibility index (Phi) is 7.10. The van der Waals surface area contributed by atoms with Crippen molar-refractivity contribution in [2.75, 3.05) is 28.2 Å². The summed E-state index contributed by atoms with van der Waals surface area (Å²) >= 11 is 5.16. The first-order chi connectivity index (χ1) is 10.3. The molecule has 0 saturated heterocycles. The Morgan fingerprint density at radius 1 is 1.27 bits per heavy atom. The zero-order chi connectivity index (χ0) is 16.9. The lowest BCUT2D eigenvalue weighted by Crippen LogP contribution is -2.22. The van der Waals surface area contributed by atoms with Crippen LogP contribution in [0.4, 0.5) is 0 Å². The normalized spacial score (nSPS) is 12.3. The zero-order valence-corrected chi connectivity index (χ0v) is 15.3. The van der Waals surface area contributed by atoms with E-state index >= 15 is 0 Å². The molecule has 4 nitrogen and oxygen atoms in total. The molecule has 124 valence electrons. The lowest BCUT2D eigenvalue weighted by Gasteiger charge is -2.20. The van der Waals surface area contributed by atoms with Gasteiger partial charge in [-0.15, -0.1) is 0 Å². The second kappa shape index (κ2) is 8.34. The Hall–Kier alpha value is -1.33. The summed E-state index contributed by atoms with van der Waals surface area (Å²) in [6, 6.07) is 4.03. The number of benzene rings is 1. The van der Waals surface area contributed by atoms with Crippen LogP contribution in [-0.2, 0) is 17.9 Å². The minimum absolute atomic E-state index is 0.307. The Morgan fingerprint density at radius 3 is 2.41 bits per heavy atom. The second-order valence-corrected chi connectivity index (χ2v) is 6.54. The van der Waals surface area contributed by atoms with Crippen molar-refractivity contribution in [3.63, 3.8) is 0 Å². The van der Waals surface area contributed by atoms with Gasteiger partial charge in [-0.2, -0.15) is 0 Å². The molecule has 1 N–H and O–H groups in total. The van der Waals surface area contributed by atoms with E-state index in [0.29, 0.717) is 30.0 Å². The van der Waals surface area contributed by atoms with Gasteiger partial charge in [0.1, 0.15) is 12.4 Å². The maximum Gasteiger partial charge on any atom is 0.259 e. The maximum absolute atomic E-state index is 10.5. The third kappa shape index (κ3) is 5.14. The van der Waals surface area contributed by atoms with E-state index in [4.69, 9.17) is 17.0 Å². The average molecular weight is 324 g/mol. The molecule has 0 aliphatic heterocycles. The van der Waals surface area contributed by atoms with Crippen molar-refractivity contribution in [1.82, 2.24) is 9.80 Å². The van der Waals surface area contributed by atoms with Crippen molar-refractivity contribution in [3.8, 4) is 5.75 Å². The molecule has 1 aromatic carbocycles. The molecule has 0 radical (unpaired) electrons. The fraction of sp³-hybridized carbons (Fsp3) is 0.588. The van der Waals surface area contributed by atoms with Crippen molar-refractivity contribution >= 4 is 17.4 Å². The lowest BCUT2D eigenvalue weighted by molar-refractivity contribution is 0.257. The minimum atomic E-state index is 0.307. The van der Waals surface area contributed by atoms with Crippen molar-refractivity contribution in [2.24, 2.45) is 0 Å². The van der Waals surface area contributed by atoms with Crippen LogP contribution in [0.5, 0.6) is 5.75 Å². The van der Waals surface area contributed by atoms with E-state index in [0.717, 1.165) is 23.1 Å². The number of nitrogens with zero attached hydrogens (tertiary/aromatic N) is 2. The molecule has 0 aliphatic rings. The van der Waals surface area contributed by atoms with E-state index in [1.807, 2.05) is 45.2 Å². The second-order valence-electron chi connectivity index (χ2n) is 6.19. The number of hydrogen-bond donors (Lipinski definition) is 1. The topological polar surface area (TPSA) is 35.9 Å². The van der Waals surface area contributed by atoms with Crippen LogP contribution >= 0.6 is 12.2 Å². The summed E-state index contributed by atoms with van der Waals surface area (Å²) < 4.78 is 5.62. The standard InChI is InChI=1S/C17H28N2O2S/c1-7-12(2)15-9-13(11-21-17(22)19(5)6)8-14(16(15)20)10-18(3)4/h8-9,12,20H,7,10-11H2,1-6H3. The number of phenols is 1. The van der Waals surface area contributed by atoms with Gasteiger partial charge in [0.2, 0.25) is 0 Å². The van der Waals surface area contributed by atoms with Gasteiger partial charge >= 0.3 is 0 Å². The number of aromatic hydroxyl groups is 1. The number of hydrogen-bond acceptors (Lipinski definition) is 4. The molecule has 0 aromatic heterocycles. The molecule has 0 saturated carbocycles. The van der Waals surface area contributed by atoms with E-state index in [1.54, 1.807) is 4.90 Å². The Morgan fingerprint density at radius 2 is 1.91 bits per heavy atom. The minimum Gasteiger partial charge on any atom is -0.507 e. The summed E-state index contributed by atoms with van der Waals surface area (Å²) in [5.74, 6) is 0.712. The third-order valence-corrected chi connectivity index (χ3v) is 4.12. The molecule has 22 heavy (non-hydrogen) atoms. The smallest absolute Gasteiger partial charge is 0.259 e. The van der Waals surface area contributed by atoms with E-state index in [-0.39, 0.29) is 0 Å². The Balaban J connectivity index is 3.08. The molecule has 1 atom stereocenters. The number of thiocarbonyl (C=S) groups is 1. The van der Waals surface area contributed by atoms with Crippen LogP contribution in [0.3, 0.4) is 0 Å². The summed E-state index contributed by atoms with van der Waals surface area (Å²) in [5, 5.41) is 11.0. The first-order valence-electron chi connectivity index (χ1n) is 7.59. The highest BCUT2D eigenvalue weighted by Gasteiger charge is 2.15. The summed E-state index contributed by atoms with van der Waals surface area (Å²) in [6.07, 6.45) is 0.982. The molecule has 1 rings (SSSR count). The molecular formula is C17H28N2O2S. The van der Waals surface area contributed by atoms with E-state index in [1.165, 1.54) is 0 Å². The Bertz CT molecular complexity index is 516. The van der Waals surface area contributed by atoms with E-state index in [2.05, 4.69) is 13.8 Å². The van der Waals surface area contributed by atoms with Gasteiger partial charge in [-0.3, -0.25) is 0 Å². The fourth-order valence-corrected chi connectivity index (χ4v) is 2.26. The fourth-order valence-electron chi connectivity index (χ4n) is 2.20. The highest BCUT2D eigenvalue weighted by Crippen LogP contribution is 2.33. The Labute approximate surface area is 139 Å². The number of ether oxygens (including phenoxy) is 1. The number of rotatable bonds is 6. The molecule has 1 unspecified atom stereocenters. The van der Waals surface area contributed by atoms with Crippen LogP contribution in [0.1, 0.15) is 42.9 Å². The average Bonchev–Trinajstić information content (AvgIpc) is 2.45. The SMILES string of the molecule is CCC(C)c1cc(COC(=S)N(C)C)cc(CN(C)C)c1O. The van der Waals surface area contributed by atoms with Crippen molar-refractivity contribution in [2.45, 2.75) is 39.3 Å². The quantitative estimate of drug-likeness (QED) is 0.812. The predicted molar refractivity (Wildman–Crippen MR) is 95.3 cm³/mol. The predicted octanol–water partition coefficient (Wildman–Crippen LogP) is 3.33. The van der Waals surface area contributed by atoms with Gasteiger partial charge < -0.3 is 19.6 Å². The molecule has 0 spiro atoms. The molecular weight excluding hydrogens is 296 g/mol. The van der Waals surface area contributed by atoms with Gasteiger partial charge in [-0.05, 0) is 61.9 Å². The monoisotopic (exact) mass is 324 g/mol. The number of phenolic OH excluding ortho intramolecular Hbond substituents is 1. The molecule has 1 aromatic rings. The zero-order valence-electron chi connectivity index (χ0n) is 14.5. The summed E-state index contributed by atoms with van der Waals surface area (Å²) in [7, 11) is 7.71. The van der Waals surface area contributed by atoms with E-state index in [9.17, 15) is 5.11 Å². The third-order valence-electron chi connectivity index (χ3n) is 3.64. The molecule has 5 heteroatoms. The summed E-state index contributed by atoms with van der Waals surface area (Å²) in [5.41, 5.74) is 2.95. The molecule has 0 amide bonds. The largest absolute Gasteiger partial charge is 0.507 e. The van der Waals surface area contributed by atoms with Gasteiger partial charge in [0, 0.05) is 26.2 Å². The first-order valence-corrected chi connectivity index (χ1v) is 8.00. The molecule has 0 heterocycles. The first kappa shape index (κ1) is 18.7. The highest BCUT2D eigenvalue weighted by molar-refractivity contribution is 7.79. The highest BCUT2D eigenvalue weighted by atomic mass is 32.1. The van der Waals surface area contributed by atoms with Crippen molar-refractivity contribution in [1.29, 1.82) is 0 Å². The van der Waals surface area contributed by atoms with Crippen LogP contribution in [-0.4, -0.2) is 48.3 Å². The van der Waals surface area contributed by atoms with Crippen LogP contribution in [0.2, 0.25) is 0 Å². The van der Waals surface area contributed by atoms with Crippen molar-refractivity contribution < 1.29 is 9.84 Å². The van der Waals surface area contributed by atoms with E-state index < -0.39 is 0 Å². The van der Waals surface area contributed by atoms with Crippen LogP contribution in [0, 0.1) is 0 Å². The lowest BCUT2D eigenvalue weighted by atomic mass is 9.93. The van der Waals surface area contributed by atoms with Crippen LogP contribution in [0.25, 0.3) is 0 Å². The molecule has 0 bridgehead atoms. The summed E-state index contributed by atoms with van der Waals surface area (Å²) in [6.45, 7) is 5.37. The van der Waals surface area contributed by atoms with Crippen molar-refractivity contribution in [3.05, 3.63) is 28.8 Å². The molecule has 0 fully saturated rings. The van der Waals surface area contributed by atoms with Crippen LogP contribution < -0.4 is 0 Å². The van der Waals surface area contributed by atoms with Gasteiger partial charge in [-0.25, -0.2) is 0 Å². The van der Waals surface area contributed by atoms with Gasteiger partial charge in [0.15, 0.2) is 0 Å². The van der Waals surface area contributed by atoms with Gasteiger partial charge in [0.25, 0.3) is 5.17 Å². The van der Waals surface area contributed by atoms with Gasteiger partial charge in [-0.1, -0.05) is 13.8 Å². The molecule has 0 aliphatic carbocycles. The maximum atomic E-state index is 10.5. The summed E-state index contributed by atoms with van der Waals surface area (Å²) in [4.78, 5) is 3.82. The van der Waals surface area contributed by atoms with Crippen LogP contribution in [0.15, 0.2) is 12.1 Å². The van der Waals surface area contributed by atoms with Gasteiger partial charge in [0.05, 0.1) is 0 Å².